The van der Waals surface area contributed by atoms with Gasteiger partial charge in [-0.1, -0.05) is 0 Å². The van der Waals surface area contributed by atoms with Gasteiger partial charge in [0.15, 0.2) is 5.57 Å². The SMILES string of the molecule is N#CC(C#N)=C(C#N)Nc1c(Br)cc(C(=O)O)c2c1CCCO2. The number of nitrogens with one attached hydrogen (secondary N) is 1. The number of hydrogen-bond donors (Lipinski definition) is 2. The van der Waals surface area contributed by atoms with Crippen LogP contribution >= 0.6 is 15.9 Å². The molecule has 0 saturated carbocycles. The standard InChI is InChI=1S/C15H9BrN4O3/c16-11-4-10(15(21)22)14-9(2-1-3-23-14)13(11)20-12(7-19)8(5-17)6-18/h4,20H,1-3H2,(H,21,22). The first kappa shape index (κ1) is 16.4. The van der Waals surface area contributed by atoms with Crippen molar-refractivity contribution in [1.29, 1.82) is 15.8 Å². The van der Waals surface area contributed by atoms with Crippen molar-refractivity contribution in [2.45, 2.75) is 12.8 Å². The minimum Gasteiger partial charge on any atom is -0.492 e. The van der Waals surface area contributed by atoms with E-state index in [0.717, 1.165) is 0 Å². The largest absolute Gasteiger partial charge is 0.492 e. The van der Waals surface area contributed by atoms with Crippen molar-refractivity contribution in [2.75, 3.05) is 11.9 Å². The van der Waals surface area contributed by atoms with Crippen molar-refractivity contribution in [1.82, 2.24) is 0 Å². The summed E-state index contributed by atoms with van der Waals surface area (Å²) in [4.78, 5) is 11.3. The summed E-state index contributed by atoms with van der Waals surface area (Å²) in [5.74, 6) is -0.886. The highest BCUT2D eigenvalue weighted by atomic mass is 79.9. The van der Waals surface area contributed by atoms with Gasteiger partial charge < -0.3 is 15.2 Å². The molecule has 1 aliphatic heterocycles. The molecule has 0 fully saturated rings. The average molecular weight is 373 g/mol. The van der Waals surface area contributed by atoms with Crippen molar-refractivity contribution in [2.24, 2.45) is 0 Å². The number of allylic oxidation sites excluding steroid dienone is 2. The van der Waals surface area contributed by atoms with E-state index < -0.39 is 5.97 Å². The predicted molar refractivity (Wildman–Crippen MR) is 82.4 cm³/mol. The third kappa shape index (κ3) is 3.11. The molecule has 2 rings (SSSR count). The number of hydrogen-bond acceptors (Lipinski definition) is 6. The van der Waals surface area contributed by atoms with Crippen LogP contribution in [0.4, 0.5) is 5.69 Å². The number of carboxylic acids is 1. The molecule has 1 aromatic rings. The molecule has 1 aliphatic rings. The summed E-state index contributed by atoms with van der Waals surface area (Å²) < 4.78 is 5.87. The maximum Gasteiger partial charge on any atom is 0.339 e. The first-order chi connectivity index (χ1) is 11.0. The number of nitriles is 3. The number of carbonyl (C=O) groups is 1. The normalized spacial score (nSPS) is 11.7. The van der Waals surface area contributed by atoms with E-state index in [2.05, 4.69) is 21.2 Å². The fourth-order valence-corrected chi connectivity index (χ4v) is 2.78. The van der Waals surface area contributed by atoms with Crippen molar-refractivity contribution in [3.8, 4) is 24.0 Å². The lowest BCUT2D eigenvalue weighted by atomic mass is 9.99. The molecular weight excluding hydrogens is 364 g/mol. The number of nitrogens with zero attached hydrogens (tertiary/aromatic N) is 3. The minimum atomic E-state index is -1.12. The van der Waals surface area contributed by atoms with Crippen molar-refractivity contribution >= 4 is 27.6 Å². The molecule has 0 amide bonds. The van der Waals surface area contributed by atoms with Gasteiger partial charge >= 0.3 is 5.97 Å². The van der Waals surface area contributed by atoms with Crippen LogP contribution in [0.1, 0.15) is 22.3 Å². The van der Waals surface area contributed by atoms with Crippen LogP contribution in [0.3, 0.4) is 0 Å². The van der Waals surface area contributed by atoms with Crippen LogP contribution in [0, 0.1) is 34.0 Å². The molecule has 0 aliphatic carbocycles. The molecule has 8 heteroatoms. The van der Waals surface area contributed by atoms with E-state index >= 15 is 0 Å². The highest BCUT2D eigenvalue weighted by Gasteiger charge is 2.25. The number of carboxylic acid groups (broad SMARTS) is 1. The molecule has 0 aromatic heterocycles. The second-order valence-corrected chi connectivity index (χ2v) is 5.41. The maximum absolute atomic E-state index is 11.3. The average Bonchev–Trinajstić information content (AvgIpc) is 2.56. The third-order valence-electron chi connectivity index (χ3n) is 3.21. The Hall–Kier alpha value is -3.02. The topological polar surface area (TPSA) is 130 Å². The molecule has 114 valence electrons. The second kappa shape index (κ2) is 6.83. The van der Waals surface area contributed by atoms with E-state index in [1.807, 2.05) is 0 Å². The molecule has 7 nitrogen and oxygen atoms in total. The zero-order valence-electron chi connectivity index (χ0n) is 11.7. The molecule has 1 heterocycles. The predicted octanol–water partition coefficient (Wildman–Crippen LogP) is 2.71. The zero-order valence-corrected chi connectivity index (χ0v) is 13.3. The summed E-state index contributed by atoms with van der Waals surface area (Å²) >= 11 is 3.27. The van der Waals surface area contributed by atoms with Gasteiger partial charge in [0.05, 0.1) is 12.3 Å². The highest BCUT2D eigenvalue weighted by Crippen LogP contribution is 2.40. The summed E-state index contributed by atoms with van der Waals surface area (Å²) in [5, 5.41) is 39.0. The quantitative estimate of drug-likeness (QED) is 0.779. The summed E-state index contributed by atoms with van der Waals surface area (Å²) in [6.45, 7) is 0.400. The molecule has 0 unspecified atom stereocenters. The van der Waals surface area contributed by atoms with Gasteiger partial charge in [0, 0.05) is 10.0 Å². The van der Waals surface area contributed by atoms with E-state index in [1.54, 1.807) is 18.2 Å². The number of benzene rings is 1. The van der Waals surface area contributed by atoms with Gasteiger partial charge in [-0.15, -0.1) is 0 Å². The molecule has 0 radical (unpaired) electrons. The fourth-order valence-electron chi connectivity index (χ4n) is 2.21. The van der Waals surface area contributed by atoms with Crippen LogP contribution in [0.2, 0.25) is 0 Å². The van der Waals surface area contributed by atoms with Crippen LogP contribution in [0.5, 0.6) is 5.75 Å². The molecule has 0 spiro atoms. The summed E-state index contributed by atoms with van der Waals surface area (Å²) in [5.41, 5.74) is 0.467. The van der Waals surface area contributed by atoms with Crippen molar-refractivity contribution in [3.63, 3.8) is 0 Å². The minimum absolute atomic E-state index is 0.0143. The second-order valence-electron chi connectivity index (χ2n) is 4.56. The number of aromatic carboxylic acids is 1. The summed E-state index contributed by atoms with van der Waals surface area (Å²) in [7, 11) is 0. The van der Waals surface area contributed by atoms with Gasteiger partial charge in [-0.2, -0.15) is 15.8 Å². The third-order valence-corrected chi connectivity index (χ3v) is 3.84. The van der Waals surface area contributed by atoms with Gasteiger partial charge in [-0.25, -0.2) is 4.79 Å². The lowest BCUT2D eigenvalue weighted by Gasteiger charge is -2.23. The van der Waals surface area contributed by atoms with E-state index in [1.165, 1.54) is 6.07 Å². The smallest absolute Gasteiger partial charge is 0.339 e. The van der Waals surface area contributed by atoms with E-state index in [0.29, 0.717) is 35.2 Å². The van der Waals surface area contributed by atoms with Crippen molar-refractivity contribution in [3.05, 3.63) is 32.9 Å². The Bertz CT molecular complexity index is 824. The van der Waals surface area contributed by atoms with Crippen molar-refractivity contribution < 1.29 is 14.6 Å². The fraction of sp³-hybridized carbons (Fsp3) is 0.200. The molecule has 0 saturated heterocycles. The number of rotatable bonds is 3. The van der Waals surface area contributed by atoms with Crippen LogP contribution in [0.25, 0.3) is 0 Å². The number of halogens is 1. The lowest BCUT2D eigenvalue weighted by Crippen LogP contribution is -2.16. The monoisotopic (exact) mass is 372 g/mol. The Morgan fingerprint density at radius 3 is 2.57 bits per heavy atom. The molecular formula is C15H9BrN4O3. The van der Waals surface area contributed by atoms with E-state index in [-0.39, 0.29) is 22.6 Å². The van der Waals surface area contributed by atoms with Crippen LogP contribution in [-0.2, 0) is 6.42 Å². The van der Waals surface area contributed by atoms with Gasteiger partial charge in [0.25, 0.3) is 0 Å². The highest BCUT2D eigenvalue weighted by molar-refractivity contribution is 9.10. The van der Waals surface area contributed by atoms with Crippen LogP contribution in [-0.4, -0.2) is 17.7 Å². The van der Waals surface area contributed by atoms with Gasteiger partial charge in [-0.3, -0.25) is 0 Å². The first-order valence-corrected chi connectivity index (χ1v) is 7.25. The maximum atomic E-state index is 11.3. The van der Waals surface area contributed by atoms with E-state index in [4.69, 9.17) is 20.5 Å². The molecule has 2 N–H and O–H groups in total. The number of ether oxygens (including phenoxy) is 1. The van der Waals surface area contributed by atoms with Gasteiger partial charge in [0.1, 0.15) is 35.2 Å². The summed E-state index contributed by atoms with van der Waals surface area (Å²) in [6.07, 6.45) is 1.23. The van der Waals surface area contributed by atoms with Gasteiger partial charge in [-0.05, 0) is 34.8 Å². The Morgan fingerprint density at radius 1 is 1.30 bits per heavy atom. The molecule has 1 aromatic carbocycles. The first-order valence-electron chi connectivity index (χ1n) is 6.46. The summed E-state index contributed by atoms with van der Waals surface area (Å²) in [6, 6.07) is 6.42. The van der Waals surface area contributed by atoms with Gasteiger partial charge in [0.2, 0.25) is 0 Å². The molecule has 23 heavy (non-hydrogen) atoms. The zero-order chi connectivity index (χ0) is 17.0. The number of anilines is 1. The Balaban J connectivity index is 2.64. The Kier molecular flexibility index (Phi) is 4.85. The lowest BCUT2D eigenvalue weighted by molar-refractivity contribution is 0.0691. The van der Waals surface area contributed by atoms with Crippen LogP contribution in [0.15, 0.2) is 21.8 Å². The molecule has 0 atom stereocenters. The van der Waals surface area contributed by atoms with E-state index in [9.17, 15) is 9.90 Å². The Morgan fingerprint density at radius 2 is 2.00 bits per heavy atom. The van der Waals surface area contributed by atoms with Crippen LogP contribution < -0.4 is 10.1 Å². The number of fused-ring (bicyclic) bond motifs is 1. The molecule has 0 bridgehead atoms. The Labute approximate surface area is 140 Å².